The molecule has 3 heteroatoms. The lowest BCUT2D eigenvalue weighted by atomic mass is 9.86. The molecule has 0 aromatic carbocycles. The molecule has 0 fully saturated rings. The van der Waals surface area contributed by atoms with Crippen LogP contribution in [0.4, 0.5) is 0 Å². The Bertz CT molecular complexity index is 140. The van der Waals surface area contributed by atoms with E-state index in [9.17, 15) is 10.2 Å². The normalized spacial score (nSPS) is 21.2. The van der Waals surface area contributed by atoms with E-state index in [1.165, 1.54) is 6.92 Å². The van der Waals surface area contributed by atoms with Crippen LogP contribution in [0.1, 0.15) is 40.5 Å². The molecule has 80 valence electrons. The van der Waals surface area contributed by atoms with Gasteiger partial charge in [0.05, 0.1) is 6.10 Å². The number of hydrogen-bond acceptors (Lipinski definition) is 3. The third-order valence-corrected chi connectivity index (χ3v) is 2.34. The standard InChI is InChI=1S/C10H23NO2/c1-5-8(6-7(2)3)9(12)10(4,11)13/h7-9,12-13H,5-6,11H2,1-4H3. The Morgan fingerprint density at radius 2 is 1.85 bits per heavy atom. The molecular weight excluding hydrogens is 166 g/mol. The number of nitrogens with two attached hydrogens (primary N) is 1. The van der Waals surface area contributed by atoms with E-state index in [4.69, 9.17) is 5.73 Å². The third-order valence-electron chi connectivity index (χ3n) is 2.34. The summed E-state index contributed by atoms with van der Waals surface area (Å²) in [7, 11) is 0. The van der Waals surface area contributed by atoms with Crippen molar-refractivity contribution in [2.45, 2.75) is 52.4 Å². The summed E-state index contributed by atoms with van der Waals surface area (Å²) in [6, 6.07) is 0. The Morgan fingerprint density at radius 1 is 1.38 bits per heavy atom. The van der Waals surface area contributed by atoms with E-state index in [0.717, 1.165) is 12.8 Å². The fourth-order valence-electron chi connectivity index (χ4n) is 1.60. The van der Waals surface area contributed by atoms with E-state index in [0.29, 0.717) is 5.92 Å². The molecule has 3 nitrogen and oxygen atoms in total. The summed E-state index contributed by atoms with van der Waals surface area (Å²) in [6.07, 6.45) is 0.900. The van der Waals surface area contributed by atoms with Gasteiger partial charge in [0.15, 0.2) is 0 Å². The molecule has 0 radical (unpaired) electrons. The Morgan fingerprint density at radius 3 is 2.08 bits per heavy atom. The van der Waals surface area contributed by atoms with Crippen LogP contribution < -0.4 is 5.73 Å². The number of rotatable bonds is 5. The molecule has 3 atom stereocenters. The van der Waals surface area contributed by atoms with Crippen LogP contribution in [-0.4, -0.2) is 22.0 Å². The van der Waals surface area contributed by atoms with E-state index in [1.54, 1.807) is 0 Å². The van der Waals surface area contributed by atoms with Crippen molar-refractivity contribution in [3.63, 3.8) is 0 Å². The van der Waals surface area contributed by atoms with Crippen LogP contribution in [0.25, 0.3) is 0 Å². The summed E-state index contributed by atoms with van der Waals surface area (Å²) in [4.78, 5) is 0. The van der Waals surface area contributed by atoms with Gasteiger partial charge in [0.25, 0.3) is 0 Å². The fraction of sp³-hybridized carbons (Fsp3) is 1.00. The van der Waals surface area contributed by atoms with Crippen molar-refractivity contribution >= 4 is 0 Å². The predicted octanol–water partition coefficient (Wildman–Crippen LogP) is 1.09. The maximum Gasteiger partial charge on any atom is 0.137 e. The molecule has 0 heterocycles. The molecule has 0 spiro atoms. The van der Waals surface area contributed by atoms with Gasteiger partial charge in [-0.2, -0.15) is 0 Å². The van der Waals surface area contributed by atoms with Gasteiger partial charge in [0.2, 0.25) is 0 Å². The second-order valence-electron chi connectivity index (χ2n) is 4.47. The van der Waals surface area contributed by atoms with E-state index in [-0.39, 0.29) is 5.92 Å². The average molecular weight is 189 g/mol. The highest BCUT2D eigenvalue weighted by atomic mass is 16.4. The summed E-state index contributed by atoms with van der Waals surface area (Å²) in [6.45, 7) is 7.64. The second kappa shape index (κ2) is 4.94. The summed E-state index contributed by atoms with van der Waals surface area (Å²) < 4.78 is 0. The zero-order chi connectivity index (χ0) is 10.6. The van der Waals surface area contributed by atoms with Crippen LogP contribution in [0.3, 0.4) is 0 Å². The van der Waals surface area contributed by atoms with Gasteiger partial charge < -0.3 is 15.9 Å². The van der Waals surface area contributed by atoms with Crippen molar-refractivity contribution in [2.24, 2.45) is 17.6 Å². The summed E-state index contributed by atoms with van der Waals surface area (Å²) >= 11 is 0. The molecule has 0 saturated heterocycles. The Balaban J connectivity index is 4.23. The van der Waals surface area contributed by atoms with Crippen LogP contribution in [0.5, 0.6) is 0 Å². The van der Waals surface area contributed by atoms with Crippen molar-refractivity contribution in [3.8, 4) is 0 Å². The van der Waals surface area contributed by atoms with Crippen LogP contribution in [0.15, 0.2) is 0 Å². The molecule has 13 heavy (non-hydrogen) atoms. The van der Waals surface area contributed by atoms with Gasteiger partial charge in [0, 0.05) is 0 Å². The minimum Gasteiger partial charge on any atom is -0.388 e. The molecule has 0 aliphatic carbocycles. The average Bonchev–Trinajstić information content (AvgIpc) is 1.96. The fourth-order valence-corrected chi connectivity index (χ4v) is 1.60. The first-order valence-electron chi connectivity index (χ1n) is 4.98. The van der Waals surface area contributed by atoms with Crippen LogP contribution in [0, 0.1) is 11.8 Å². The third kappa shape index (κ3) is 4.60. The largest absolute Gasteiger partial charge is 0.388 e. The number of hydrogen-bond donors (Lipinski definition) is 3. The van der Waals surface area contributed by atoms with Crippen molar-refractivity contribution in [1.29, 1.82) is 0 Å². The zero-order valence-electron chi connectivity index (χ0n) is 9.12. The second-order valence-corrected chi connectivity index (χ2v) is 4.47. The van der Waals surface area contributed by atoms with Crippen LogP contribution >= 0.6 is 0 Å². The lowest BCUT2D eigenvalue weighted by Gasteiger charge is -2.31. The van der Waals surface area contributed by atoms with Gasteiger partial charge in [-0.1, -0.05) is 27.2 Å². The highest BCUT2D eigenvalue weighted by Crippen LogP contribution is 2.23. The van der Waals surface area contributed by atoms with E-state index >= 15 is 0 Å². The maximum atomic E-state index is 9.72. The van der Waals surface area contributed by atoms with E-state index in [2.05, 4.69) is 13.8 Å². The first kappa shape index (κ1) is 12.9. The quantitative estimate of drug-likeness (QED) is 0.567. The van der Waals surface area contributed by atoms with Crippen molar-refractivity contribution in [2.75, 3.05) is 0 Å². The first-order valence-corrected chi connectivity index (χ1v) is 4.98. The molecule has 0 bridgehead atoms. The zero-order valence-corrected chi connectivity index (χ0v) is 9.12. The first-order chi connectivity index (χ1) is 5.79. The smallest absolute Gasteiger partial charge is 0.137 e. The molecule has 3 unspecified atom stereocenters. The van der Waals surface area contributed by atoms with E-state index in [1.807, 2.05) is 6.92 Å². The summed E-state index contributed by atoms with van der Waals surface area (Å²) in [5.41, 5.74) is 3.96. The van der Waals surface area contributed by atoms with Gasteiger partial charge >= 0.3 is 0 Å². The Kier molecular flexibility index (Phi) is 4.89. The van der Waals surface area contributed by atoms with Crippen LogP contribution in [-0.2, 0) is 0 Å². The molecule has 0 aliphatic heterocycles. The number of aliphatic hydroxyl groups is 2. The summed E-state index contributed by atoms with van der Waals surface area (Å²) in [5, 5.41) is 19.1. The van der Waals surface area contributed by atoms with Gasteiger partial charge in [-0.25, -0.2) is 0 Å². The van der Waals surface area contributed by atoms with Gasteiger partial charge in [-0.3, -0.25) is 0 Å². The highest BCUT2D eigenvalue weighted by Gasteiger charge is 2.31. The van der Waals surface area contributed by atoms with Crippen molar-refractivity contribution in [3.05, 3.63) is 0 Å². The monoisotopic (exact) mass is 189 g/mol. The molecule has 0 aliphatic rings. The molecule has 0 aromatic heterocycles. The Hall–Kier alpha value is -0.120. The van der Waals surface area contributed by atoms with E-state index < -0.39 is 11.8 Å². The predicted molar refractivity (Wildman–Crippen MR) is 54.1 cm³/mol. The minimum absolute atomic E-state index is 0.0833. The highest BCUT2D eigenvalue weighted by molar-refractivity contribution is 4.81. The molecule has 0 amide bonds. The molecule has 0 rings (SSSR count). The lowest BCUT2D eigenvalue weighted by Crippen LogP contribution is -2.51. The van der Waals surface area contributed by atoms with Gasteiger partial charge in [0.1, 0.15) is 5.72 Å². The molecule has 4 N–H and O–H groups in total. The Labute approximate surface area is 81.0 Å². The SMILES string of the molecule is CCC(CC(C)C)C(O)C(C)(N)O. The minimum atomic E-state index is -1.48. The molecular formula is C10H23NO2. The van der Waals surface area contributed by atoms with Crippen LogP contribution in [0.2, 0.25) is 0 Å². The molecule has 0 aromatic rings. The number of aliphatic hydroxyl groups excluding tert-OH is 1. The lowest BCUT2D eigenvalue weighted by molar-refractivity contribution is -0.0890. The summed E-state index contributed by atoms with van der Waals surface area (Å²) in [5.74, 6) is 0.599. The molecule has 0 saturated carbocycles. The van der Waals surface area contributed by atoms with Crippen molar-refractivity contribution < 1.29 is 10.2 Å². The maximum absolute atomic E-state index is 9.72. The van der Waals surface area contributed by atoms with Crippen molar-refractivity contribution in [1.82, 2.24) is 0 Å². The van der Waals surface area contributed by atoms with Gasteiger partial charge in [-0.05, 0) is 25.2 Å². The topological polar surface area (TPSA) is 66.5 Å². The van der Waals surface area contributed by atoms with Gasteiger partial charge in [-0.15, -0.1) is 0 Å².